The summed E-state index contributed by atoms with van der Waals surface area (Å²) in [6.45, 7) is 0. The topological polar surface area (TPSA) is 81.4 Å². The minimum Gasteiger partial charge on any atom is -0.469 e. The summed E-state index contributed by atoms with van der Waals surface area (Å²) in [6, 6.07) is 0. The average molecular weight is 237 g/mol. The van der Waals surface area contributed by atoms with Crippen LogP contribution >= 0.6 is 12.4 Å². The van der Waals surface area contributed by atoms with E-state index in [9.17, 15) is 9.59 Å². The summed E-state index contributed by atoms with van der Waals surface area (Å²) in [7, 11) is 1.39. The maximum absolute atomic E-state index is 11.2. The van der Waals surface area contributed by atoms with Crippen molar-refractivity contribution in [3.05, 3.63) is 0 Å². The number of methoxy groups -OCH3 is 1. The third kappa shape index (κ3) is 3.68. The van der Waals surface area contributed by atoms with Crippen molar-refractivity contribution < 1.29 is 14.3 Å². The molecule has 1 fully saturated rings. The Labute approximate surface area is 95.1 Å². The Bertz CT molecular complexity index is 203. The van der Waals surface area contributed by atoms with Gasteiger partial charge in [-0.05, 0) is 25.7 Å². The Morgan fingerprint density at radius 3 is 2.07 bits per heavy atom. The summed E-state index contributed by atoms with van der Waals surface area (Å²) >= 11 is 0. The first kappa shape index (κ1) is 14.2. The number of hydrazine groups is 1. The van der Waals surface area contributed by atoms with Gasteiger partial charge in [0.25, 0.3) is 0 Å². The maximum atomic E-state index is 11.2. The van der Waals surface area contributed by atoms with E-state index in [1.165, 1.54) is 7.11 Å². The molecule has 15 heavy (non-hydrogen) atoms. The lowest BCUT2D eigenvalue weighted by atomic mass is 9.82. The van der Waals surface area contributed by atoms with Crippen molar-refractivity contribution in [1.29, 1.82) is 0 Å². The number of carbonyl (C=O) groups is 2. The van der Waals surface area contributed by atoms with Crippen LogP contribution < -0.4 is 11.3 Å². The molecule has 5 nitrogen and oxygen atoms in total. The smallest absolute Gasteiger partial charge is 0.308 e. The van der Waals surface area contributed by atoms with Gasteiger partial charge in [0.15, 0.2) is 0 Å². The Kier molecular flexibility index (Phi) is 6.27. The van der Waals surface area contributed by atoms with Crippen molar-refractivity contribution >= 4 is 24.3 Å². The number of esters is 1. The molecule has 0 heterocycles. The second-order valence-electron chi connectivity index (χ2n) is 3.58. The highest BCUT2D eigenvalue weighted by molar-refractivity contribution is 5.85. The van der Waals surface area contributed by atoms with Crippen LogP contribution in [0.15, 0.2) is 0 Å². The van der Waals surface area contributed by atoms with E-state index in [0.29, 0.717) is 25.7 Å². The summed E-state index contributed by atoms with van der Waals surface area (Å²) in [4.78, 5) is 22.3. The lowest BCUT2D eigenvalue weighted by Crippen LogP contribution is -2.38. The van der Waals surface area contributed by atoms with Gasteiger partial charge in [0.05, 0.1) is 13.0 Å². The predicted octanol–water partition coefficient (Wildman–Crippen LogP) is 0.377. The van der Waals surface area contributed by atoms with E-state index in [-0.39, 0.29) is 36.1 Å². The monoisotopic (exact) mass is 236 g/mol. The largest absolute Gasteiger partial charge is 0.469 e. The van der Waals surface area contributed by atoms with Crippen LogP contribution in [0.25, 0.3) is 0 Å². The number of carbonyl (C=O) groups excluding carboxylic acids is 2. The predicted molar refractivity (Wildman–Crippen MR) is 57.0 cm³/mol. The Morgan fingerprint density at radius 1 is 1.20 bits per heavy atom. The van der Waals surface area contributed by atoms with Crippen LogP contribution in [0.2, 0.25) is 0 Å². The van der Waals surface area contributed by atoms with Gasteiger partial charge in [-0.25, -0.2) is 5.84 Å². The second kappa shape index (κ2) is 6.63. The van der Waals surface area contributed by atoms with E-state index in [1.54, 1.807) is 0 Å². The third-order valence-electron chi connectivity index (χ3n) is 2.77. The number of ether oxygens (including phenoxy) is 1. The zero-order valence-electron chi connectivity index (χ0n) is 8.69. The number of hydrogen-bond donors (Lipinski definition) is 2. The number of nitrogens with two attached hydrogens (primary N) is 1. The molecule has 1 saturated carbocycles. The first-order valence-electron chi connectivity index (χ1n) is 4.77. The van der Waals surface area contributed by atoms with Crippen LogP contribution in [0.1, 0.15) is 25.7 Å². The van der Waals surface area contributed by atoms with Crippen molar-refractivity contribution in [2.45, 2.75) is 25.7 Å². The molecule has 0 aliphatic heterocycles. The fraction of sp³-hybridized carbons (Fsp3) is 0.778. The average Bonchev–Trinajstić information content (AvgIpc) is 2.27. The molecule has 0 atom stereocenters. The molecule has 0 aromatic rings. The number of halogens is 1. The van der Waals surface area contributed by atoms with E-state index < -0.39 is 0 Å². The van der Waals surface area contributed by atoms with Gasteiger partial charge in [-0.2, -0.15) is 0 Å². The molecule has 0 spiro atoms. The van der Waals surface area contributed by atoms with Gasteiger partial charge in [0.1, 0.15) is 0 Å². The van der Waals surface area contributed by atoms with E-state index in [2.05, 4.69) is 10.2 Å². The van der Waals surface area contributed by atoms with E-state index in [0.717, 1.165) is 0 Å². The Hall–Kier alpha value is -0.810. The summed E-state index contributed by atoms with van der Waals surface area (Å²) in [5.74, 6) is 4.65. The van der Waals surface area contributed by atoms with Crippen LogP contribution in [-0.2, 0) is 14.3 Å². The molecule has 3 N–H and O–H groups in total. The Morgan fingerprint density at radius 2 is 1.67 bits per heavy atom. The van der Waals surface area contributed by atoms with Crippen molar-refractivity contribution in [2.24, 2.45) is 17.7 Å². The minimum absolute atomic E-state index is 0. The zero-order chi connectivity index (χ0) is 10.6. The molecule has 1 aliphatic carbocycles. The normalized spacial score (nSPS) is 24.9. The van der Waals surface area contributed by atoms with Gasteiger partial charge in [0.2, 0.25) is 5.91 Å². The summed E-state index contributed by atoms with van der Waals surface area (Å²) in [6.07, 6.45) is 2.85. The molecule has 0 saturated heterocycles. The lowest BCUT2D eigenvalue weighted by molar-refractivity contribution is -0.147. The number of nitrogens with one attached hydrogen (secondary N) is 1. The van der Waals surface area contributed by atoms with Gasteiger partial charge in [-0.3, -0.25) is 15.0 Å². The van der Waals surface area contributed by atoms with Crippen LogP contribution in [0.5, 0.6) is 0 Å². The van der Waals surface area contributed by atoms with Gasteiger partial charge in [0, 0.05) is 5.92 Å². The fourth-order valence-corrected chi connectivity index (χ4v) is 1.88. The molecule has 0 aromatic heterocycles. The molecule has 0 aromatic carbocycles. The molecule has 0 bridgehead atoms. The maximum Gasteiger partial charge on any atom is 0.308 e. The molecule has 1 aliphatic rings. The van der Waals surface area contributed by atoms with Gasteiger partial charge < -0.3 is 4.74 Å². The lowest BCUT2D eigenvalue weighted by Gasteiger charge is -2.25. The molecular weight excluding hydrogens is 220 g/mol. The SMILES string of the molecule is COC(=O)[C@H]1CC[C@H](C(=O)NN)CC1.Cl. The van der Waals surface area contributed by atoms with Crippen molar-refractivity contribution in [3.8, 4) is 0 Å². The quantitative estimate of drug-likeness (QED) is 0.314. The van der Waals surface area contributed by atoms with Crippen LogP contribution in [0.4, 0.5) is 0 Å². The van der Waals surface area contributed by atoms with E-state index >= 15 is 0 Å². The molecular formula is C9H17ClN2O3. The fourth-order valence-electron chi connectivity index (χ4n) is 1.88. The standard InChI is InChI=1S/C9H16N2O3.ClH/c1-14-9(13)7-4-2-6(3-5-7)8(12)11-10;/h6-7H,2-5,10H2,1H3,(H,11,12);1H/t6-,7-;. The summed E-state index contributed by atoms with van der Waals surface area (Å²) in [5.41, 5.74) is 2.14. The van der Waals surface area contributed by atoms with Crippen LogP contribution in [-0.4, -0.2) is 19.0 Å². The van der Waals surface area contributed by atoms with Gasteiger partial charge in [-0.15, -0.1) is 12.4 Å². The molecule has 1 rings (SSSR count). The van der Waals surface area contributed by atoms with Crippen molar-refractivity contribution in [1.82, 2.24) is 5.43 Å². The van der Waals surface area contributed by atoms with Crippen LogP contribution in [0.3, 0.4) is 0 Å². The number of rotatable bonds is 2. The molecule has 88 valence electrons. The van der Waals surface area contributed by atoms with E-state index in [4.69, 9.17) is 5.84 Å². The summed E-state index contributed by atoms with van der Waals surface area (Å²) in [5, 5.41) is 0. The second-order valence-corrected chi connectivity index (χ2v) is 3.58. The van der Waals surface area contributed by atoms with E-state index in [1.807, 2.05) is 0 Å². The first-order chi connectivity index (χ1) is 6.69. The highest BCUT2D eigenvalue weighted by Crippen LogP contribution is 2.29. The van der Waals surface area contributed by atoms with Crippen LogP contribution in [0, 0.1) is 11.8 Å². The highest BCUT2D eigenvalue weighted by atomic mass is 35.5. The minimum atomic E-state index is -0.170. The number of amides is 1. The molecule has 0 radical (unpaired) electrons. The van der Waals surface area contributed by atoms with Crippen molar-refractivity contribution in [3.63, 3.8) is 0 Å². The Balaban J connectivity index is 0.00000196. The van der Waals surface area contributed by atoms with Gasteiger partial charge >= 0.3 is 5.97 Å². The molecule has 1 amide bonds. The van der Waals surface area contributed by atoms with Gasteiger partial charge in [-0.1, -0.05) is 0 Å². The van der Waals surface area contributed by atoms with Crippen molar-refractivity contribution in [2.75, 3.05) is 7.11 Å². The molecule has 0 unspecified atom stereocenters. The summed E-state index contributed by atoms with van der Waals surface area (Å²) < 4.78 is 4.65. The highest BCUT2D eigenvalue weighted by Gasteiger charge is 2.29. The number of hydrogen-bond acceptors (Lipinski definition) is 4. The first-order valence-corrected chi connectivity index (χ1v) is 4.77. The third-order valence-corrected chi connectivity index (χ3v) is 2.77. The zero-order valence-corrected chi connectivity index (χ0v) is 9.51. The molecule has 6 heteroatoms.